The van der Waals surface area contributed by atoms with Crippen LogP contribution in [0.25, 0.3) is 0 Å². The largest absolute Gasteiger partial charge is 0.432 e. The molecule has 0 aliphatic carbocycles. The number of nitrogens with zero attached hydrogens (tertiary/aromatic N) is 1. The molecule has 0 atom stereocenters. The van der Waals surface area contributed by atoms with Gasteiger partial charge in [-0.15, -0.1) is 0 Å². The molecule has 3 heteroatoms. The Morgan fingerprint density at radius 2 is 2.00 bits per heavy atom. The van der Waals surface area contributed by atoms with Gasteiger partial charge in [-0.05, 0) is 6.92 Å². The summed E-state index contributed by atoms with van der Waals surface area (Å²) >= 11 is 0. The van der Waals surface area contributed by atoms with Gasteiger partial charge in [0.1, 0.15) is 0 Å². The summed E-state index contributed by atoms with van der Waals surface area (Å²) in [5.41, 5.74) is 0.380. The molecule has 0 rings (SSSR count). The summed E-state index contributed by atoms with van der Waals surface area (Å²) in [6, 6.07) is 1.69. The Labute approximate surface area is 72.3 Å². The highest BCUT2D eigenvalue weighted by Crippen LogP contribution is 1.90. The SMILES string of the molecule is C=CC#N.C=COC(=O)C(=C)C. The summed E-state index contributed by atoms with van der Waals surface area (Å²) in [4.78, 5) is 10.3. The number of hydrogen-bond acceptors (Lipinski definition) is 3. The van der Waals surface area contributed by atoms with E-state index in [4.69, 9.17) is 5.26 Å². The van der Waals surface area contributed by atoms with Gasteiger partial charge in [0.05, 0.1) is 12.3 Å². The van der Waals surface area contributed by atoms with Crippen LogP contribution in [0.3, 0.4) is 0 Å². The molecule has 0 heterocycles. The third-order valence-corrected chi connectivity index (χ3v) is 0.630. The fourth-order valence-electron chi connectivity index (χ4n) is 0.176. The molecule has 12 heavy (non-hydrogen) atoms. The van der Waals surface area contributed by atoms with Crippen LogP contribution in [-0.2, 0) is 9.53 Å². The molecule has 0 aliphatic heterocycles. The van der Waals surface area contributed by atoms with Crippen molar-refractivity contribution in [3.63, 3.8) is 0 Å². The first-order valence-electron chi connectivity index (χ1n) is 3.08. The smallest absolute Gasteiger partial charge is 0.337 e. The van der Waals surface area contributed by atoms with Gasteiger partial charge >= 0.3 is 5.97 Å². The number of hydrogen-bond donors (Lipinski definition) is 0. The zero-order valence-electron chi connectivity index (χ0n) is 7.04. The molecule has 0 spiro atoms. The molecular weight excluding hydrogens is 154 g/mol. The lowest BCUT2D eigenvalue weighted by molar-refractivity contribution is -0.133. The Kier molecular flexibility index (Phi) is 9.81. The van der Waals surface area contributed by atoms with Gasteiger partial charge in [0.25, 0.3) is 0 Å². The summed E-state index contributed by atoms with van der Waals surface area (Å²) in [6.07, 6.45) is 2.26. The monoisotopic (exact) mass is 165 g/mol. The van der Waals surface area contributed by atoms with Crippen LogP contribution in [0.5, 0.6) is 0 Å². The molecule has 0 aromatic carbocycles. The van der Waals surface area contributed by atoms with Crippen molar-refractivity contribution in [2.45, 2.75) is 6.92 Å². The van der Waals surface area contributed by atoms with Crippen LogP contribution >= 0.6 is 0 Å². The molecule has 0 radical (unpaired) electrons. The van der Waals surface area contributed by atoms with Crippen molar-refractivity contribution in [2.75, 3.05) is 0 Å². The quantitative estimate of drug-likeness (QED) is 0.272. The second-order valence-corrected chi connectivity index (χ2v) is 1.69. The van der Waals surface area contributed by atoms with E-state index in [1.54, 1.807) is 13.0 Å². The highest BCUT2D eigenvalue weighted by molar-refractivity contribution is 5.87. The zero-order valence-corrected chi connectivity index (χ0v) is 7.04. The minimum absolute atomic E-state index is 0.380. The van der Waals surface area contributed by atoms with Gasteiger partial charge in [0, 0.05) is 11.6 Å². The van der Waals surface area contributed by atoms with Gasteiger partial charge in [-0.1, -0.05) is 19.7 Å². The van der Waals surface area contributed by atoms with E-state index in [-0.39, 0.29) is 0 Å². The molecular formula is C9H11NO2. The standard InChI is InChI=1S/C6H8O2.C3H3N/c1-4-8-6(7)5(2)3;1-2-3-4/h4H,1-2H2,3H3;2H,1H2. The average Bonchev–Trinajstić information content (AvgIpc) is 2.05. The Morgan fingerprint density at radius 1 is 1.58 bits per heavy atom. The molecule has 0 aromatic rings. The predicted molar refractivity (Wildman–Crippen MR) is 46.9 cm³/mol. The lowest BCUT2D eigenvalue weighted by Crippen LogP contribution is -1.98. The van der Waals surface area contributed by atoms with Crippen LogP contribution in [0.4, 0.5) is 0 Å². The first kappa shape index (κ1) is 12.8. The minimum Gasteiger partial charge on any atom is -0.432 e. The molecule has 64 valence electrons. The number of carbonyl (C=O) groups is 1. The predicted octanol–water partition coefficient (Wildman–Crippen LogP) is 1.95. The number of rotatable bonds is 2. The summed E-state index contributed by atoms with van der Waals surface area (Å²) in [6.45, 7) is 11.2. The maximum Gasteiger partial charge on any atom is 0.337 e. The van der Waals surface area contributed by atoms with Crippen molar-refractivity contribution in [3.8, 4) is 6.07 Å². The van der Waals surface area contributed by atoms with Crippen molar-refractivity contribution in [3.05, 3.63) is 37.6 Å². The minimum atomic E-state index is -0.431. The van der Waals surface area contributed by atoms with Crippen LogP contribution in [-0.4, -0.2) is 5.97 Å². The second-order valence-electron chi connectivity index (χ2n) is 1.69. The van der Waals surface area contributed by atoms with E-state index in [0.29, 0.717) is 5.57 Å². The fraction of sp³-hybridized carbons (Fsp3) is 0.111. The molecule has 0 bridgehead atoms. The van der Waals surface area contributed by atoms with Gasteiger partial charge in [0.15, 0.2) is 0 Å². The van der Waals surface area contributed by atoms with Crippen molar-refractivity contribution >= 4 is 5.97 Å². The number of allylic oxidation sites excluding steroid dienone is 1. The third kappa shape index (κ3) is 11.0. The summed E-state index contributed by atoms with van der Waals surface area (Å²) in [5.74, 6) is -0.431. The zero-order chi connectivity index (χ0) is 9.98. The molecule has 0 aromatic heterocycles. The van der Waals surface area contributed by atoms with Gasteiger partial charge in [-0.2, -0.15) is 5.26 Å². The van der Waals surface area contributed by atoms with E-state index < -0.39 is 5.97 Å². The Bertz CT molecular complexity index is 223. The lowest BCUT2D eigenvalue weighted by Gasteiger charge is -1.92. The molecule has 0 N–H and O–H groups in total. The number of ether oxygens (including phenoxy) is 1. The molecule has 0 aliphatic rings. The molecule has 0 fully saturated rings. The third-order valence-electron chi connectivity index (χ3n) is 0.630. The van der Waals surface area contributed by atoms with Crippen LogP contribution in [0.1, 0.15) is 6.92 Å². The Balaban J connectivity index is 0. The van der Waals surface area contributed by atoms with Gasteiger partial charge in [0.2, 0.25) is 0 Å². The van der Waals surface area contributed by atoms with Crippen molar-refractivity contribution in [1.29, 1.82) is 5.26 Å². The van der Waals surface area contributed by atoms with E-state index in [2.05, 4.69) is 24.5 Å². The summed E-state index contributed by atoms with van der Waals surface area (Å²) in [7, 11) is 0. The maximum atomic E-state index is 10.3. The first-order valence-corrected chi connectivity index (χ1v) is 3.08. The molecule has 0 amide bonds. The molecule has 0 saturated heterocycles. The van der Waals surface area contributed by atoms with Gasteiger partial charge in [-0.25, -0.2) is 4.79 Å². The summed E-state index contributed by atoms with van der Waals surface area (Å²) in [5, 5.41) is 7.51. The normalized spacial score (nSPS) is 6.33. The Hall–Kier alpha value is -1.82. The number of esters is 1. The van der Waals surface area contributed by atoms with Gasteiger partial charge in [-0.3, -0.25) is 0 Å². The highest BCUT2D eigenvalue weighted by atomic mass is 16.5. The van der Waals surface area contributed by atoms with E-state index >= 15 is 0 Å². The van der Waals surface area contributed by atoms with Gasteiger partial charge < -0.3 is 4.74 Å². The second kappa shape index (κ2) is 9.18. The van der Waals surface area contributed by atoms with Crippen molar-refractivity contribution < 1.29 is 9.53 Å². The topological polar surface area (TPSA) is 50.1 Å². The van der Waals surface area contributed by atoms with Crippen LogP contribution in [0.2, 0.25) is 0 Å². The lowest BCUT2D eigenvalue weighted by atomic mass is 10.4. The molecule has 0 unspecified atom stereocenters. The fourth-order valence-corrected chi connectivity index (χ4v) is 0.176. The van der Waals surface area contributed by atoms with Crippen LogP contribution < -0.4 is 0 Å². The van der Waals surface area contributed by atoms with Crippen LogP contribution in [0.15, 0.2) is 37.6 Å². The van der Waals surface area contributed by atoms with Crippen LogP contribution in [0, 0.1) is 11.3 Å². The van der Waals surface area contributed by atoms with Crippen molar-refractivity contribution in [2.24, 2.45) is 0 Å². The number of nitriles is 1. The van der Waals surface area contributed by atoms with E-state index in [1.807, 2.05) is 0 Å². The summed E-state index contributed by atoms with van der Waals surface area (Å²) < 4.78 is 4.33. The Morgan fingerprint density at radius 3 is 2.08 bits per heavy atom. The molecule has 3 nitrogen and oxygen atoms in total. The first-order chi connectivity index (χ1) is 5.59. The maximum absolute atomic E-state index is 10.3. The number of carbonyl (C=O) groups excluding carboxylic acids is 1. The van der Waals surface area contributed by atoms with E-state index in [9.17, 15) is 4.79 Å². The average molecular weight is 165 g/mol. The van der Waals surface area contributed by atoms with E-state index in [0.717, 1.165) is 6.26 Å². The van der Waals surface area contributed by atoms with Crippen molar-refractivity contribution in [1.82, 2.24) is 0 Å². The van der Waals surface area contributed by atoms with E-state index in [1.165, 1.54) is 6.08 Å². The molecule has 0 saturated carbocycles. The highest BCUT2D eigenvalue weighted by Gasteiger charge is 1.97.